The number of nitrogens with zero attached hydrogens (tertiary/aromatic N) is 1. The second-order valence-corrected chi connectivity index (χ2v) is 4.76. The predicted molar refractivity (Wildman–Crippen MR) is 67.4 cm³/mol. The maximum atomic E-state index is 12.1. The van der Waals surface area contributed by atoms with Gasteiger partial charge in [0.2, 0.25) is 0 Å². The fourth-order valence-electron chi connectivity index (χ4n) is 2.45. The van der Waals surface area contributed by atoms with Crippen LogP contribution in [0.5, 0.6) is 11.5 Å². The van der Waals surface area contributed by atoms with E-state index in [9.17, 15) is 4.79 Å². The Morgan fingerprint density at radius 1 is 1.11 bits per heavy atom. The number of ketones is 1. The summed E-state index contributed by atoms with van der Waals surface area (Å²) in [5.41, 5.74) is 0.714. The van der Waals surface area contributed by atoms with Gasteiger partial charge >= 0.3 is 0 Å². The number of carbonyl (C=O) groups excluding carboxylic acids is 1. The van der Waals surface area contributed by atoms with Gasteiger partial charge in [0.1, 0.15) is 13.2 Å². The molecule has 0 amide bonds. The van der Waals surface area contributed by atoms with Gasteiger partial charge in [0.15, 0.2) is 17.3 Å². The third-order valence-electron chi connectivity index (χ3n) is 3.43. The van der Waals surface area contributed by atoms with Crippen molar-refractivity contribution < 1.29 is 14.3 Å². The van der Waals surface area contributed by atoms with Crippen LogP contribution in [0.2, 0.25) is 0 Å². The molecule has 0 spiro atoms. The maximum absolute atomic E-state index is 12.1. The molecule has 0 aromatic heterocycles. The van der Waals surface area contributed by atoms with Gasteiger partial charge in [-0.15, -0.1) is 0 Å². The van der Waals surface area contributed by atoms with E-state index in [2.05, 4.69) is 4.90 Å². The minimum Gasteiger partial charge on any atom is -0.486 e. The van der Waals surface area contributed by atoms with Gasteiger partial charge in [0, 0.05) is 5.56 Å². The topological polar surface area (TPSA) is 38.8 Å². The molecule has 96 valence electrons. The Labute approximate surface area is 106 Å². The Bertz CT molecular complexity index is 452. The monoisotopic (exact) mass is 247 g/mol. The van der Waals surface area contributed by atoms with Crippen molar-refractivity contribution in [2.75, 3.05) is 32.8 Å². The smallest absolute Gasteiger partial charge is 0.176 e. The summed E-state index contributed by atoms with van der Waals surface area (Å²) < 4.78 is 10.9. The molecule has 2 heterocycles. The Kier molecular flexibility index (Phi) is 3.19. The van der Waals surface area contributed by atoms with Crippen LogP contribution in [0.4, 0.5) is 0 Å². The number of ether oxygens (including phenoxy) is 2. The highest BCUT2D eigenvalue weighted by molar-refractivity contribution is 5.98. The summed E-state index contributed by atoms with van der Waals surface area (Å²) in [5, 5.41) is 0. The summed E-state index contributed by atoms with van der Waals surface area (Å²) in [7, 11) is 0. The lowest BCUT2D eigenvalue weighted by atomic mass is 10.1. The summed E-state index contributed by atoms with van der Waals surface area (Å²) >= 11 is 0. The first-order valence-corrected chi connectivity index (χ1v) is 6.48. The van der Waals surface area contributed by atoms with Crippen molar-refractivity contribution in [3.8, 4) is 11.5 Å². The molecule has 18 heavy (non-hydrogen) atoms. The van der Waals surface area contributed by atoms with Gasteiger partial charge in [-0.05, 0) is 44.1 Å². The SMILES string of the molecule is O=C(CN1CCCC1)c1ccc2c(c1)OCCO2. The molecule has 0 N–H and O–H groups in total. The van der Waals surface area contributed by atoms with E-state index in [-0.39, 0.29) is 5.78 Å². The van der Waals surface area contributed by atoms with Crippen LogP contribution in [0.1, 0.15) is 23.2 Å². The van der Waals surface area contributed by atoms with Crippen LogP contribution in [0.3, 0.4) is 0 Å². The maximum Gasteiger partial charge on any atom is 0.176 e. The largest absolute Gasteiger partial charge is 0.486 e. The summed E-state index contributed by atoms with van der Waals surface area (Å²) in [4.78, 5) is 14.4. The predicted octanol–water partition coefficient (Wildman–Crippen LogP) is 1.74. The van der Waals surface area contributed by atoms with Crippen LogP contribution in [0.15, 0.2) is 18.2 Å². The van der Waals surface area contributed by atoms with E-state index in [0.29, 0.717) is 31.1 Å². The zero-order valence-electron chi connectivity index (χ0n) is 10.4. The molecule has 0 bridgehead atoms. The lowest BCUT2D eigenvalue weighted by molar-refractivity contribution is 0.0944. The van der Waals surface area contributed by atoms with Crippen molar-refractivity contribution in [2.24, 2.45) is 0 Å². The van der Waals surface area contributed by atoms with Gasteiger partial charge in [-0.1, -0.05) is 0 Å². The van der Waals surface area contributed by atoms with Gasteiger partial charge in [0.05, 0.1) is 6.54 Å². The zero-order chi connectivity index (χ0) is 12.4. The third-order valence-corrected chi connectivity index (χ3v) is 3.43. The number of fused-ring (bicyclic) bond motifs is 1. The lowest BCUT2D eigenvalue weighted by Crippen LogP contribution is -2.27. The van der Waals surface area contributed by atoms with E-state index in [4.69, 9.17) is 9.47 Å². The summed E-state index contributed by atoms with van der Waals surface area (Å²) in [6.07, 6.45) is 2.41. The van der Waals surface area contributed by atoms with Crippen molar-refractivity contribution in [1.82, 2.24) is 4.90 Å². The van der Waals surface area contributed by atoms with Gasteiger partial charge in [-0.2, -0.15) is 0 Å². The standard InChI is InChI=1S/C14H17NO3/c16-12(10-15-5-1-2-6-15)11-3-4-13-14(9-11)18-8-7-17-13/h3-4,9H,1-2,5-8,10H2. The van der Waals surface area contributed by atoms with E-state index >= 15 is 0 Å². The van der Waals surface area contributed by atoms with Crippen LogP contribution in [-0.4, -0.2) is 43.5 Å². The van der Waals surface area contributed by atoms with Gasteiger partial charge in [0.25, 0.3) is 0 Å². The highest BCUT2D eigenvalue weighted by Crippen LogP contribution is 2.30. The minimum absolute atomic E-state index is 0.161. The molecule has 4 heteroatoms. The molecular formula is C14H17NO3. The third kappa shape index (κ3) is 2.34. The first-order valence-electron chi connectivity index (χ1n) is 6.48. The second-order valence-electron chi connectivity index (χ2n) is 4.76. The second kappa shape index (κ2) is 4.98. The molecule has 0 saturated carbocycles. The quantitative estimate of drug-likeness (QED) is 0.763. The van der Waals surface area contributed by atoms with E-state index < -0.39 is 0 Å². The molecule has 1 aromatic rings. The number of hydrogen-bond donors (Lipinski definition) is 0. The number of hydrogen-bond acceptors (Lipinski definition) is 4. The fourth-order valence-corrected chi connectivity index (χ4v) is 2.45. The van der Waals surface area contributed by atoms with Gasteiger partial charge < -0.3 is 9.47 Å². The molecule has 0 aliphatic carbocycles. The van der Waals surface area contributed by atoms with Crippen LogP contribution in [0.25, 0.3) is 0 Å². The molecule has 2 aliphatic rings. The molecule has 0 radical (unpaired) electrons. The van der Waals surface area contributed by atoms with Crippen molar-refractivity contribution in [3.05, 3.63) is 23.8 Å². The normalized spacial score (nSPS) is 18.9. The van der Waals surface area contributed by atoms with Crippen LogP contribution >= 0.6 is 0 Å². The van der Waals surface area contributed by atoms with Gasteiger partial charge in [-0.25, -0.2) is 0 Å². The molecule has 4 nitrogen and oxygen atoms in total. The Morgan fingerprint density at radius 3 is 2.61 bits per heavy atom. The molecule has 1 aromatic carbocycles. The molecule has 1 fully saturated rings. The average Bonchev–Trinajstić information content (AvgIpc) is 2.91. The first kappa shape index (κ1) is 11.5. The molecule has 3 rings (SSSR count). The van der Waals surface area contributed by atoms with Crippen molar-refractivity contribution in [2.45, 2.75) is 12.8 Å². The molecule has 0 unspecified atom stereocenters. The van der Waals surface area contributed by atoms with Crippen molar-refractivity contribution in [1.29, 1.82) is 0 Å². The number of Topliss-reactive ketones (excluding diaryl/α,β-unsaturated/α-hetero) is 1. The van der Waals surface area contributed by atoms with Gasteiger partial charge in [-0.3, -0.25) is 9.69 Å². The van der Waals surface area contributed by atoms with Crippen molar-refractivity contribution >= 4 is 5.78 Å². The van der Waals surface area contributed by atoms with E-state index in [1.54, 1.807) is 6.07 Å². The zero-order valence-corrected chi connectivity index (χ0v) is 10.4. The van der Waals surface area contributed by atoms with Crippen LogP contribution in [-0.2, 0) is 0 Å². The number of likely N-dealkylation sites (tertiary alicyclic amines) is 1. The Balaban J connectivity index is 1.73. The Hall–Kier alpha value is -1.55. The highest BCUT2D eigenvalue weighted by atomic mass is 16.6. The number of rotatable bonds is 3. The number of benzene rings is 1. The van der Waals surface area contributed by atoms with Crippen molar-refractivity contribution in [3.63, 3.8) is 0 Å². The van der Waals surface area contributed by atoms with E-state index in [1.165, 1.54) is 12.8 Å². The molecule has 0 atom stereocenters. The van der Waals surface area contributed by atoms with E-state index in [1.807, 2.05) is 12.1 Å². The molecular weight excluding hydrogens is 230 g/mol. The van der Waals surface area contributed by atoms with Crippen LogP contribution in [0, 0.1) is 0 Å². The highest BCUT2D eigenvalue weighted by Gasteiger charge is 2.18. The fraction of sp³-hybridized carbons (Fsp3) is 0.500. The summed E-state index contributed by atoms with van der Waals surface area (Å²) in [6, 6.07) is 5.45. The molecule has 2 aliphatic heterocycles. The average molecular weight is 247 g/mol. The Morgan fingerprint density at radius 2 is 1.83 bits per heavy atom. The lowest BCUT2D eigenvalue weighted by Gasteiger charge is -2.19. The summed E-state index contributed by atoms with van der Waals surface area (Å²) in [5.74, 6) is 1.58. The minimum atomic E-state index is 0.161. The summed E-state index contributed by atoms with van der Waals surface area (Å²) in [6.45, 7) is 3.72. The van der Waals surface area contributed by atoms with Crippen LogP contribution < -0.4 is 9.47 Å². The van der Waals surface area contributed by atoms with E-state index in [0.717, 1.165) is 18.8 Å². The number of carbonyl (C=O) groups is 1. The molecule has 1 saturated heterocycles. The first-order chi connectivity index (χ1) is 8.83.